The summed E-state index contributed by atoms with van der Waals surface area (Å²) in [5, 5.41) is 14.5. The van der Waals surface area contributed by atoms with E-state index in [4.69, 9.17) is 4.74 Å². The van der Waals surface area contributed by atoms with Gasteiger partial charge in [0.2, 0.25) is 0 Å². The van der Waals surface area contributed by atoms with E-state index in [1.54, 1.807) is 30.3 Å². The zero-order chi connectivity index (χ0) is 26.9. The van der Waals surface area contributed by atoms with Gasteiger partial charge in [-0.2, -0.15) is 17.6 Å². The van der Waals surface area contributed by atoms with Crippen LogP contribution in [0.2, 0.25) is 0 Å². The van der Waals surface area contributed by atoms with E-state index in [0.29, 0.717) is 40.0 Å². The number of ether oxygens (including phenoxy) is 1. The number of hydrogen-bond donors (Lipinski definition) is 1. The average Bonchev–Trinajstić information content (AvgIpc) is 3.29. The topological polar surface area (TPSA) is 101 Å². The van der Waals surface area contributed by atoms with Crippen molar-refractivity contribution in [3.8, 4) is 17.0 Å². The van der Waals surface area contributed by atoms with E-state index >= 15 is 0 Å². The third kappa shape index (κ3) is 5.28. The van der Waals surface area contributed by atoms with Crippen LogP contribution in [0, 0.1) is 6.92 Å². The van der Waals surface area contributed by atoms with Crippen molar-refractivity contribution in [2.24, 2.45) is 0 Å². The highest BCUT2D eigenvalue weighted by Gasteiger charge is 2.25. The molecule has 3 heterocycles. The number of aromatic nitrogens is 3. The summed E-state index contributed by atoms with van der Waals surface area (Å²) < 4.78 is 35.0. The highest BCUT2D eigenvalue weighted by atomic mass is 79.9. The quantitative estimate of drug-likeness (QED) is 0.240. The van der Waals surface area contributed by atoms with Gasteiger partial charge in [0.25, 0.3) is 10.0 Å². The number of hydrogen-bond acceptors (Lipinski definition) is 8. The maximum absolute atomic E-state index is 13.6. The van der Waals surface area contributed by atoms with Gasteiger partial charge in [-0.1, -0.05) is 23.8 Å². The molecule has 2 aromatic heterocycles. The molecule has 200 valence electrons. The lowest BCUT2D eigenvalue weighted by molar-refractivity contribution is 0.233. The molecule has 0 unspecified atom stereocenters. The second-order valence-electron chi connectivity index (χ2n) is 9.43. The van der Waals surface area contributed by atoms with Crippen LogP contribution in [0.1, 0.15) is 12.0 Å². The molecule has 2 aromatic carbocycles. The van der Waals surface area contributed by atoms with Crippen molar-refractivity contribution < 1.29 is 18.3 Å². The molecule has 0 spiro atoms. The summed E-state index contributed by atoms with van der Waals surface area (Å²) in [6.07, 6.45) is 2.02. The van der Waals surface area contributed by atoms with Crippen LogP contribution in [-0.2, 0) is 10.0 Å². The Kier molecular flexibility index (Phi) is 7.71. The molecule has 38 heavy (non-hydrogen) atoms. The number of rotatable bonds is 8. The van der Waals surface area contributed by atoms with Crippen LogP contribution >= 0.6 is 15.9 Å². The molecule has 1 N–H and O–H groups in total. The molecule has 0 aliphatic carbocycles. The SMILES string of the molecule is Cc1ccc(S(=O)(=O)n2nc(-c3ccc(N4CCN(C)CC4)c(OCCCO)c3)c3cc(Br)ncc32)cc1. The number of likely N-dealkylation sites (N-methyl/N-ethyl adjacent to an activating group) is 1. The fourth-order valence-corrected chi connectivity index (χ4v) is 6.11. The smallest absolute Gasteiger partial charge is 0.283 e. The summed E-state index contributed by atoms with van der Waals surface area (Å²) in [6.45, 7) is 5.96. The van der Waals surface area contributed by atoms with E-state index in [1.165, 1.54) is 6.20 Å². The van der Waals surface area contributed by atoms with Gasteiger partial charge in [0, 0.05) is 50.2 Å². The van der Waals surface area contributed by atoms with Crippen LogP contribution in [-0.4, -0.2) is 79.0 Å². The summed E-state index contributed by atoms with van der Waals surface area (Å²) in [4.78, 5) is 9.01. The summed E-state index contributed by atoms with van der Waals surface area (Å²) in [5.74, 6) is 0.678. The normalized spacial score (nSPS) is 14.8. The first-order chi connectivity index (χ1) is 18.3. The summed E-state index contributed by atoms with van der Waals surface area (Å²) >= 11 is 3.42. The third-order valence-corrected chi connectivity index (χ3v) is 8.72. The predicted molar refractivity (Wildman–Crippen MR) is 151 cm³/mol. The molecule has 1 aliphatic heterocycles. The monoisotopic (exact) mass is 599 g/mol. The fourth-order valence-electron chi connectivity index (χ4n) is 4.50. The van der Waals surface area contributed by atoms with Crippen molar-refractivity contribution in [2.45, 2.75) is 18.2 Å². The van der Waals surface area contributed by atoms with E-state index in [2.05, 4.69) is 42.9 Å². The summed E-state index contributed by atoms with van der Waals surface area (Å²) in [6, 6.07) is 14.3. The van der Waals surface area contributed by atoms with Gasteiger partial charge >= 0.3 is 0 Å². The van der Waals surface area contributed by atoms with Crippen LogP contribution in [0.5, 0.6) is 5.75 Å². The van der Waals surface area contributed by atoms with E-state index in [1.807, 2.05) is 25.1 Å². The standard InChI is InChI=1S/C27H30BrN5O4S/c1-19-4-7-21(8-5-19)38(35,36)33-24-18-29-26(28)17-22(24)27(30-33)20-6-9-23(25(16-20)37-15-3-14-34)32-12-10-31(2)11-13-32/h4-9,16-18,34H,3,10-15H2,1-2H3. The first-order valence-electron chi connectivity index (χ1n) is 12.5. The van der Waals surface area contributed by atoms with Gasteiger partial charge < -0.3 is 19.6 Å². The van der Waals surface area contributed by atoms with E-state index < -0.39 is 10.0 Å². The van der Waals surface area contributed by atoms with E-state index in [0.717, 1.165) is 47.1 Å². The van der Waals surface area contributed by atoms with Gasteiger partial charge in [0.15, 0.2) is 0 Å². The zero-order valence-electron chi connectivity index (χ0n) is 21.3. The molecule has 0 bridgehead atoms. The molecule has 9 nitrogen and oxygen atoms in total. The largest absolute Gasteiger partial charge is 0.491 e. The minimum Gasteiger partial charge on any atom is -0.491 e. The molecule has 0 atom stereocenters. The highest BCUT2D eigenvalue weighted by Crippen LogP contribution is 2.37. The Bertz CT molecular complexity index is 1550. The maximum atomic E-state index is 13.6. The Morgan fingerprint density at radius 3 is 2.50 bits per heavy atom. The Labute approximate surface area is 230 Å². The number of piperazine rings is 1. The van der Waals surface area contributed by atoms with Gasteiger partial charge in [0.05, 0.1) is 23.4 Å². The number of nitrogens with zero attached hydrogens (tertiary/aromatic N) is 5. The number of fused-ring (bicyclic) bond motifs is 1. The Morgan fingerprint density at radius 2 is 1.79 bits per heavy atom. The molecule has 11 heteroatoms. The first kappa shape index (κ1) is 26.6. The molecule has 1 fully saturated rings. The van der Waals surface area contributed by atoms with Crippen molar-refractivity contribution in [2.75, 3.05) is 51.3 Å². The predicted octanol–water partition coefficient (Wildman–Crippen LogP) is 3.92. The van der Waals surface area contributed by atoms with Gasteiger partial charge in [0.1, 0.15) is 21.6 Å². The number of aliphatic hydroxyl groups is 1. The molecule has 0 radical (unpaired) electrons. The lowest BCUT2D eigenvalue weighted by atomic mass is 10.1. The van der Waals surface area contributed by atoms with Crippen molar-refractivity contribution in [3.63, 3.8) is 0 Å². The third-order valence-electron chi connectivity index (χ3n) is 6.69. The van der Waals surface area contributed by atoms with Crippen LogP contribution in [0.4, 0.5) is 5.69 Å². The van der Waals surface area contributed by atoms with Gasteiger partial charge in [-0.25, -0.2) is 4.98 Å². The van der Waals surface area contributed by atoms with Gasteiger partial charge in [-0.3, -0.25) is 0 Å². The fraction of sp³-hybridized carbons (Fsp3) is 0.333. The van der Waals surface area contributed by atoms with Crippen LogP contribution < -0.4 is 9.64 Å². The molecule has 0 amide bonds. The molecule has 5 rings (SSSR count). The molecule has 4 aromatic rings. The molecule has 0 saturated carbocycles. The number of pyridine rings is 1. The van der Waals surface area contributed by atoms with Crippen molar-refractivity contribution >= 4 is 42.5 Å². The molecule has 1 aliphatic rings. The van der Waals surface area contributed by atoms with E-state index in [9.17, 15) is 13.5 Å². The minimum absolute atomic E-state index is 0.0382. The Hall–Kier alpha value is -2.99. The number of anilines is 1. The Morgan fingerprint density at radius 1 is 1.05 bits per heavy atom. The molecule has 1 saturated heterocycles. The summed E-state index contributed by atoms with van der Waals surface area (Å²) in [5.41, 5.74) is 3.56. The first-order valence-corrected chi connectivity index (χ1v) is 14.7. The number of halogens is 1. The Balaban J connectivity index is 1.62. The molecular weight excluding hydrogens is 570 g/mol. The molecular formula is C27H30BrN5O4S. The second kappa shape index (κ2) is 11.0. The van der Waals surface area contributed by atoms with E-state index in [-0.39, 0.29) is 11.5 Å². The lowest BCUT2D eigenvalue weighted by Gasteiger charge is -2.35. The van der Waals surface area contributed by atoms with Crippen molar-refractivity contribution in [3.05, 3.63) is 64.9 Å². The lowest BCUT2D eigenvalue weighted by Crippen LogP contribution is -2.44. The number of benzene rings is 2. The van der Waals surface area contributed by atoms with Gasteiger partial charge in [-0.15, -0.1) is 0 Å². The number of aliphatic hydroxyl groups excluding tert-OH is 1. The maximum Gasteiger partial charge on any atom is 0.283 e. The van der Waals surface area contributed by atoms with Crippen LogP contribution in [0.15, 0.2) is 64.2 Å². The van der Waals surface area contributed by atoms with Gasteiger partial charge in [-0.05, 0) is 60.2 Å². The van der Waals surface area contributed by atoms with Crippen molar-refractivity contribution in [1.82, 2.24) is 19.1 Å². The number of aryl methyl sites for hydroxylation is 1. The minimum atomic E-state index is -3.96. The highest BCUT2D eigenvalue weighted by molar-refractivity contribution is 9.10. The second-order valence-corrected chi connectivity index (χ2v) is 12.0. The van der Waals surface area contributed by atoms with Crippen LogP contribution in [0.25, 0.3) is 22.2 Å². The summed E-state index contributed by atoms with van der Waals surface area (Å²) in [7, 11) is -1.85. The van der Waals surface area contributed by atoms with Crippen LogP contribution in [0.3, 0.4) is 0 Å². The average molecular weight is 601 g/mol. The van der Waals surface area contributed by atoms with Crippen molar-refractivity contribution in [1.29, 1.82) is 0 Å². The zero-order valence-corrected chi connectivity index (χ0v) is 23.7.